The Morgan fingerprint density at radius 3 is 2.73 bits per heavy atom. The van der Waals surface area contributed by atoms with E-state index >= 15 is 0 Å². The number of thioether (sulfide) groups is 1. The zero-order chi connectivity index (χ0) is 18.2. The van der Waals surface area contributed by atoms with Crippen molar-refractivity contribution in [3.05, 3.63) is 65.7 Å². The van der Waals surface area contributed by atoms with E-state index in [1.165, 1.54) is 5.56 Å². The van der Waals surface area contributed by atoms with Gasteiger partial charge in [-0.1, -0.05) is 48.5 Å². The van der Waals surface area contributed by atoms with Crippen LogP contribution in [0.15, 0.2) is 54.6 Å². The predicted octanol–water partition coefficient (Wildman–Crippen LogP) is 3.49. The lowest BCUT2D eigenvalue weighted by molar-refractivity contribution is -0.128. The lowest BCUT2D eigenvalue weighted by Crippen LogP contribution is -2.30. The summed E-state index contributed by atoms with van der Waals surface area (Å²) in [4.78, 5) is 14.4. The van der Waals surface area contributed by atoms with Gasteiger partial charge in [-0.2, -0.15) is 0 Å². The summed E-state index contributed by atoms with van der Waals surface area (Å²) in [5, 5.41) is 3.17. The molecule has 0 radical (unpaired) electrons. The van der Waals surface area contributed by atoms with Crippen LogP contribution in [0.1, 0.15) is 22.9 Å². The van der Waals surface area contributed by atoms with Crippen LogP contribution in [0.5, 0.6) is 5.75 Å². The van der Waals surface area contributed by atoms with Gasteiger partial charge in [-0.05, 0) is 38.1 Å². The van der Waals surface area contributed by atoms with E-state index in [-0.39, 0.29) is 11.3 Å². The smallest absolute Gasteiger partial charge is 0.233 e. The number of hydrogen-bond acceptors (Lipinski definition) is 4. The van der Waals surface area contributed by atoms with Gasteiger partial charge >= 0.3 is 0 Å². The zero-order valence-electron chi connectivity index (χ0n) is 15.2. The molecule has 1 unspecified atom stereocenters. The maximum absolute atomic E-state index is 12.4. The van der Waals surface area contributed by atoms with Crippen LogP contribution in [0, 0.1) is 0 Å². The summed E-state index contributed by atoms with van der Waals surface area (Å²) in [6, 6.07) is 18.4. The predicted molar refractivity (Wildman–Crippen MR) is 108 cm³/mol. The average Bonchev–Trinajstić information content (AvgIpc) is 3.05. The summed E-state index contributed by atoms with van der Waals surface area (Å²) < 4.78 is 6.01. The van der Waals surface area contributed by atoms with Gasteiger partial charge in [0.05, 0.1) is 12.4 Å². The van der Waals surface area contributed by atoms with Gasteiger partial charge in [0.1, 0.15) is 11.1 Å². The van der Waals surface area contributed by atoms with Crippen LogP contribution in [0.2, 0.25) is 0 Å². The number of carbonyl (C=O) groups excluding carboxylic acids is 1. The number of amides is 1. The maximum atomic E-state index is 12.4. The molecule has 3 rings (SSSR count). The molecule has 0 aromatic heterocycles. The Balaban J connectivity index is 1.69. The van der Waals surface area contributed by atoms with E-state index < -0.39 is 0 Å². The molecule has 0 spiro atoms. The molecule has 1 N–H and O–H groups in total. The van der Waals surface area contributed by atoms with Gasteiger partial charge in [0.2, 0.25) is 5.91 Å². The molecule has 5 heteroatoms. The van der Waals surface area contributed by atoms with Crippen LogP contribution in [0.25, 0.3) is 0 Å². The largest absolute Gasteiger partial charge is 0.493 e. The highest BCUT2D eigenvalue weighted by Crippen LogP contribution is 2.42. The fourth-order valence-electron chi connectivity index (χ4n) is 3.09. The SMILES string of the molecule is CNCCCOc1ccccc1C1SCC(=O)N1CCc1ccccc1. The number of carbonyl (C=O) groups is 1. The maximum Gasteiger partial charge on any atom is 0.233 e. The average molecular weight is 371 g/mol. The second kappa shape index (κ2) is 9.64. The zero-order valence-corrected chi connectivity index (χ0v) is 16.0. The van der Waals surface area contributed by atoms with Crippen molar-refractivity contribution >= 4 is 17.7 Å². The fourth-order valence-corrected chi connectivity index (χ4v) is 4.34. The van der Waals surface area contributed by atoms with E-state index in [1.54, 1.807) is 11.8 Å². The summed E-state index contributed by atoms with van der Waals surface area (Å²) >= 11 is 1.69. The molecule has 1 atom stereocenters. The standard InChI is InChI=1S/C21H26N2O2S/c1-22-13-7-15-25-19-11-6-5-10-18(19)21-23(20(24)16-26-21)14-12-17-8-3-2-4-9-17/h2-6,8-11,21-22H,7,12-16H2,1H3. The highest BCUT2D eigenvalue weighted by Gasteiger charge is 2.34. The number of benzene rings is 2. The topological polar surface area (TPSA) is 41.6 Å². The number of para-hydroxylation sites is 1. The molecule has 1 aliphatic heterocycles. The summed E-state index contributed by atoms with van der Waals surface area (Å²) in [5.74, 6) is 1.63. The van der Waals surface area contributed by atoms with Crippen molar-refractivity contribution in [3.63, 3.8) is 0 Å². The van der Waals surface area contributed by atoms with Crippen molar-refractivity contribution in [2.45, 2.75) is 18.2 Å². The van der Waals surface area contributed by atoms with Crippen LogP contribution < -0.4 is 10.1 Å². The number of nitrogens with zero attached hydrogens (tertiary/aromatic N) is 1. The molecular weight excluding hydrogens is 344 g/mol. The third-order valence-electron chi connectivity index (χ3n) is 4.47. The lowest BCUT2D eigenvalue weighted by atomic mass is 10.1. The molecule has 4 nitrogen and oxygen atoms in total. The minimum absolute atomic E-state index is 0.0340. The molecule has 1 saturated heterocycles. The summed E-state index contributed by atoms with van der Waals surface area (Å²) in [5.41, 5.74) is 2.36. The Hall–Kier alpha value is -1.98. The Morgan fingerprint density at radius 1 is 1.15 bits per heavy atom. The van der Waals surface area contributed by atoms with E-state index in [0.717, 1.165) is 37.2 Å². The third kappa shape index (κ3) is 4.80. The van der Waals surface area contributed by atoms with Gasteiger partial charge in [0.15, 0.2) is 0 Å². The van der Waals surface area contributed by atoms with Crippen molar-refractivity contribution in [2.24, 2.45) is 0 Å². The minimum atomic E-state index is 0.0340. The van der Waals surface area contributed by atoms with E-state index in [2.05, 4.69) is 23.5 Å². The number of ether oxygens (including phenoxy) is 1. The summed E-state index contributed by atoms with van der Waals surface area (Å²) in [6.45, 7) is 2.34. The number of nitrogens with one attached hydrogen (secondary N) is 1. The van der Waals surface area contributed by atoms with E-state index in [4.69, 9.17) is 4.74 Å². The molecule has 1 amide bonds. The van der Waals surface area contributed by atoms with Crippen molar-refractivity contribution in [1.82, 2.24) is 10.2 Å². The summed E-state index contributed by atoms with van der Waals surface area (Å²) in [6.07, 6.45) is 1.83. The van der Waals surface area contributed by atoms with Crippen molar-refractivity contribution in [3.8, 4) is 5.75 Å². The molecule has 1 heterocycles. The van der Waals surface area contributed by atoms with E-state index in [0.29, 0.717) is 12.4 Å². The number of hydrogen-bond donors (Lipinski definition) is 1. The van der Waals surface area contributed by atoms with Crippen molar-refractivity contribution in [2.75, 3.05) is 32.5 Å². The quantitative estimate of drug-likeness (QED) is 0.686. The monoisotopic (exact) mass is 370 g/mol. The Labute approximate surface area is 159 Å². The normalized spacial score (nSPS) is 16.9. The second-order valence-corrected chi connectivity index (χ2v) is 7.40. The van der Waals surface area contributed by atoms with Gasteiger partial charge in [0, 0.05) is 12.1 Å². The first-order valence-corrected chi connectivity index (χ1v) is 10.2. The van der Waals surface area contributed by atoms with Crippen LogP contribution in [0.3, 0.4) is 0 Å². The molecule has 0 aliphatic carbocycles. The van der Waals surface area contributed by atoms with Gasteiger partial charge in [-0.25, -0.2) is 0 Å². The third-order valence-corrected chi connectivity index (χ3v) is 5.70. The van der Waals surface area contributed by atoms with Gasteiger partial charge < -0.3 is 15.0 Å². The van der Waals surface area contributed by atoms with Crippen molar-refractivity contribution in [1.29, 1.82) is 0 Å². The Morgan fingerprint density at radius 2 is 1.92 bits per heavy atom. The second-order valence-electron chi connectivity index (χ2n) is 6.33. The molecule has 26 heavy (non-hydrogen) atoms. The molecule has 138 valence electrons. The first-order chi connectivity index (χ1) is 12.8. The lowest BCUT2D eigenvalue weighted by Gasteiger charge is -2.26. The Bertz CT molecular complexity index is 708. The van der Waals surface area contributed by atoms with Gasteiger partial charge in [-0.15, -0.1) is 11.8 Å². The first kappa shape index (κ1) is 18.8. The molecule has 0 saturated carbocycles. The van der Waals surface area contributed by atoms with Crippen LogP contribution in [-0.2, 0) is 11.2 Å². The molecular formula is C21H26N2O2S. The Kier molecular flexibility index (Phi) is 6.97. The van der Waals surface area contributed by atoms with E-state index in [1.807, 2.05) is 48.3 Å². The van der Waals surface area contributed by atoms with Crippen LogP contribution in [-0.4, -0.2) is 43.3 Å². The highest BCUT2D eigenvalue weighted by atomic mass is 32.2. The minimum Gasteiger partial charge on any atom is -0.493 e. The highest BCUT2D eigenvalue weighted by molar-refractivity contribution is 8.00. The molecule has 0 bridgehead atoms. The van der Waals surface area contributed by atoms with Crippen LogP contribution in [0.4, 0.5) is 0 Å². The van der Waals surface area contributed by atoms with Gasteiger partial charge in [0.25, 0.3) is 0 Å². The van der Waals surface area contributed by atoms with Crippen LogP contribution >= 0.6 is 11.8 Å². The molecule has 2 aromatic carbocycles. The summed E-state index contributed by atoms with van der Waals surface area (Å²) in [7, 11) is 1.94. The number of rotatable bonds is 9. The fraction of sp³-hybridized carbons (Fsp3) is 0.381. The molecule has 1 fully saturated rings. The van der Waals surface area contributed by atoms with E-state index in [9.17, 15) is 4.79 Å². The van der Waals surface area contributed by atoms with Gasteiger partial charge in [-0.3, -0.25) is 4.79 Å². The van der Waals surface area contributed by atoms with Crippen molar-refractivity contribution < 1.29 is 9.53 Å². The molecule has 2 aromatic rings. The first-order valence-electron chi connectivity index (χ1n) is 9.11. The molecule has 1 aliphatic rings.